The first-order chi connectivity index (χ1) is 10.6. The van der Waals surface area contributed by atoms with E-state index in [1.807, 2.05) is 31.4 Å². The molecule has 4 nitrogen and oxygen atoms in total. The minimum atomic E-state index is -0.244. The number of hydrogen-bond donors (Lipinski definition) is 0. The van der Waals surface area contributed by atoms with Crippen molar-refractivity contribution in [2.45, 2.75) is 25.6 Å². The quantitative estimate of drug-likeness (QED) is 0.782. The lowest BCUT2D eigenvalue weighted by molar-refractivity contribution is -0.137. The highest BCUT2D eigenvalue weighted by molar-refractivity contribution is 8.04. The maximum Gasteiger partial charge on any atom is 0.268 e. The van der Waals surface area contributed by atoms with Crippen molar-refractivity contribution in [3.05, 3.63) is 51.5 Å². The van der Waals surface area contributed by atoms with Crippen LogP contribution in [0.2, 0.25) is 0 Å². The van der Waals surface area contributed by atoms with Crippen molar-refractivity contribution in [1.82, 2.24) is 4.90 Å². The molecule has 0 N–H and O–H groups in total. The molecule has 0 unspecified atom stereocenters. The Labute approximate surface area is 136 Å². The van der Waals surface area contributed by atoms with E-state index >= 15 is 0 Å². The molecule has 0 fully saturated rings. The molecule has 0 saturated heterocycles. The van der Waals surface area contributed by atoms with Crippen LogP contribution in [-0.2, 0) is 16.1 Å². The third-order valence-corrected chi connectivity index (χ3v) is 5.11. The van der Waals surface area contributed by atoms with Crippen LogP contribution in [0.4, 0.5) is 0 Å². The van der Waals surface area contributed by atoms with Crippen LogP contribution >= 0.6 is 23.1 Å². The zero-order chi connectivity index (χ0) is 15.7. The summed E-state index contributed by atoms with van der Waals surface area (Å²) in [5.41, 5.74) is 0.519. The standard InChI is InChI=1S/C16H15NO3S2/c1-10(2)22-14-13(12-6-4-8-21-12)15(18)17(16(14)19)9-11-5-3-7-20-11/h3-8,10H,9H2,1-2H3. The van der Waals surface area contributed by atoms with E-state index < -0.39 is 0 Å². The molecule has 0 aromatic carbocycles. The molecule has 114 valence electrons. The molecule has 3 heterocycles. The Morgan fingerprint density at radius 3 is 2.64 bits per heavy atom. The number of hydrogen-bond acceptors (Lipinski definition) is 5. The average molecular weight is 333 g/mol. The molecule has 0 aliphatic carbocycles. The molecule has 1 aliphatic rings. The van der Waals surface area contributed by atoms with Crippen molar-refractivity contribution in [2.75, 3.05) is 0 Å². The van der Waals surface area contributed by atoms with Gasteiger partial charge in [-0.25, -0.2) is 0 Å². The summed E-state index contributed by atoms with van der Waals surface area (Å²) < 4.78 is 5.27. The molecule has 0 radical (unpaired) electrons. The highest BCUT2D eigenvalue weighted by Crippen LogP contribution is 2.39. The summed E-state index contributed by atoms with van der Waals surface area (Å²) in [6.45, 7) is 4.19. The van der Waals surface area contributed by atoms with Crippen molar-refractivity contribution in [3.63, 3.8) is 0 Å². The lowest BCUT2D eigenvalue weighted by Gasteiger charge is -2.13. The number of amides is 2. The maximum atomic E-state index is 12.7. The first-order valence-electron chi connectivity index (χ1n) is 6.91. The van der Waals surface area contributed by atoms with E-state index in [0.29, 0.717) is 16.2 Å². The zero-order valence-corrected chi connectivity index (χ0v) is 13.9. The summed E-state index contributed by atoms with van der Waals surface area (Å²) in [6.07, 6.45) is 1.54. The van der Waals surface area contributed by atoms with Gasteiger partial charge in [0.1, 0.15) is 5.76 Å². The highest BCUT2D eigenvalue weighted by atomic mass is 32.2. The van der Waals surface area contributed by atoms with Crippen molar-refractivity contribution in [1.29, 1.82) is 0 Å². The Bertz CT molecular complexity index is 715. The largest absolute Gasteiger partial charge is 0.467 e. The van der Waals surface area contributed by atoms with E-state index in [9.17, 15) is 9.59 Å². The lowest BCUT2D eigenvalue weighted by Crippen LogP contribution is -2.30. The smallest absolute Gasteiger partial charge is 0.268 e. The topological polar surface area (TPSA) is 50.5 Å². The van der Waals surface area contributed by atoms with Gasteiger partial charge in [-0.05, 0) is 23.6 Å². The van der Waals surface area contributed by atoms with Gasteiger partial charge < -0.3 is 4.42 Å². The Balaban J connectivity index is 1.97. The number of nitrogens with zero attached hydrogens (tertiary/aromatic N) is 1. The molecule has 0 saturated carbocycles. The minimum absolute atomic E-state index is 0.168. The van der Waals surface area contributed by atoms with E-state index in [0.717, 1.165) is 4.88 Å². The van der Waals surface area contributed by atoms with E-state index in [-0.39, 0.29) is 23.6 Å². The second-order valence-corrected chi connectivity index (χ2v) is 7.66. The summed E-state index contributed by atoms with van der Waals surface area (Å²) in [5, 5.41) is 2.14. The van der Waals surface area contributed by atoms with Gasteiger partial charge in [0.25, 0.3) is 11.8 Å². The van der Waals surface area contributed by atoms with Gasteiger partial charge in [-0.15, -0.1) is 23.1 Å². The van der Waals surface area contributed by atoms with Crippen LogP contribution in [-0.4, -0.2) is 22.0 Å². The molecule has 22 heavy (non-hydrogen) atoms. The zero-order valence-electron chi connectivity index (χ0n) is 12.2. The van der Waals surface area contributed by atoms with Crippen molar-refractivity contribution in [3.8, 4) is 0 Å². The molecule has 3 rings (SSSR count). The molecule has 6 heteroatoms. The Hall–Kier alpha value is -1.79. The second-order valence-electron chi connectivity index (χ2n) is 5.12. The van der Waals surface area contributed by atoms with Crippen LogP contribution in [0.15, 0.2) is 45.2 Å². The molecule has 1 aliphatic heterocycles. The van der Waals surface area contributed by atoms with Gasteiger partial charge in [-0.3, -0.25) is 14.5 Å². The summed E-state index contributed by atoms with van der Waals surface area (Å²) in [4.78, 5) is 28.0. The molecule has 2 amide bonds. The minimum Gasteiger partial charge on any atom is -0.467 e. The van der Waals surface area contributed by atoms with Crippen LogP contribution in [0.25, 0.3) is 5.57 Å². The first-order valence-corrected chi connectivity index (χ1v) is 8.67. The van der Waals surface area contributed by atoms with E-state index in [1.165, 1.54) is 34.3 Å². The third kappa shape index (κ3) is 2.76. The van der Waals surface area contributed by atoms with Crippen LogP contribution in [0.3, 0.4) is 0 Å². The van der Waals surface area contributed by atoms with Crippen LogP contribution in [0.1, 0.15) is 24.5 Å². The van der Waals surface area contributed by atoms with Crippen LogP contribution in [0, 0.1) is 0 Å². The second kappa shape index (κ2) is 6.14. The fraction of sp³-hybridized carbons (Fsp3) is 0.250. The lowest BCUT2D eigenvalue weighted by atomic mass is 10.2. The number of carbonyl (C=O) groups is 2. The molecule has 0 spiro atoms. The Kier molecular flexibility index (Phi) is 4.22. The van der Waals surface area contributed by atoms with Gasteiger partial charge in [-0.2, -0.15) is 0 Å². The molecule has 2 aromatic heterocycles. The molecule has 0 bridgehead atoms. The number of furan rings is 1. The first kappa shape index (κ1) is 15.1. The van der Waals surface area contributed by atoms with Crippen LogP contribution in [0.5, 0.6) is 0 Å². The summed E-state index contributed by atoms with van der Waals surface area (Å²) in [7, 11) is 0. The van der Waals surface area contributed by atoms with Crippen molar-refractivity contribution in [2.24, 2.45) is 0 Å². The van der Waals surface area contributed by atoms with Gasteiger partial charge in [0.15, 0.2) is 0 Å². The molecule has 2 aromatic rings. The predicted octanol–water partition coefficient (Wildman–Crippen LogP) is 3.76. The predicted molar refractivity (Wildman–Crippen MR) is 88.2 cm³/mol. The normalized spacial score (nSPS) is 15.5. The number of rotatable bonds is 5. The molecular formula is C16H15NO3S2. The average Bonchev–Trinajstić information content (AvgIpc) is 3.18. The summed E-state index contributed by atoms with van der Waals surface area (Å²) >= 11 is 2.91. The Morgan fingerprint density at radius 1 is 1.23 bits per heavy atom. The maximum absolute atomic E-state index is 12.7. The fourth-order valence-corrected chi connectivity index (χ4v) is 4.07. The van der Waals surface area contributed by atoms with Gasteiger partial charge in [0.05, 0.1) is 23.3 Å². The number of carbonyl (C=O) groups excluding carboxylic acids is 2. The van der Waals surface area contributed by atoms with Crippen LogP contribution < -0.4 is 0 Å². The monoisotopic (exact) mass is 333 g/mol. The summed E-state index contributed by atoms with van der Waals surface area (Å²) in [6, 6.07) is 7.27. The number of imide groups is 1. The summed E-state index contributed by atoms with van der Waals surface area (Å²) in [5.74, 6) is 0.124. The van der Waals surface area contributed by atoms with Crippen molar-refractivity contribution < 1.29 is 14.0 Å². The fourth-order valence-electron chi connectivity index (χ4n) is 2.24. The third-order valence-electron chi connectivity index (χ3n) is 3.14. The van der Waals surface area contributed by atoms with E-state index in [4.69, 9.17) is 4.42 Å². The number of thiophene rings is 1. The van der Waals surface area contributed by atoms with E-state index in [1.54, 1.807) is 12.1 Å². The van der Waals surface area contributed by atoms with Gasteiger partial charge in [-0.1, -0.05) is 19.9 Å². The van der Waals surface area contributed by atoms with E-state index in [2.05, 4.69) is 0 Å². The highest BCUT2D eigenvalue weighted by Gasteiger charge is 2.40. The van der Waals surface area contributed by atoms with Gasteiger partial charge in [0.2, 0.25) is 0 Å². The van der Waals surface area contributed by atoms with Crippen molar-refractivity contribution >= 4 is 40.5 Å². The molecular weight excluding hydrogens is 318 g/mol. The number of thioether (sulfide) groups is 1. The SMILES string of the molecule is CC(C)SC1=C(c2cccs2)C(=O)N(Cc2ccco2)C1=O. The molecule has 0 atom stereocenters. The Morgan fingerprint density at radius 2 is 2.05 bits per heavy atom. The van der Waals surface area contributed by atoms with Gasteiger partial charge in [0, 0.05) is 10.1 Å². The van der Waals surface area contributed by atoms with Gasteiger partial charge >= 0.3 is 0 Å².